The molecule has 1 aliphatic carbocycles. The quantitative estimate of drug-likeness (QED) is 0.749. The van der Waals surface area contributed by atoms with E-state index in [9.17, 15) is 9.18 Å². The SMILES string of the molecule is Cl.O=C(Cc1c(F)cccc1Cl)N(Cc1ccsc1)C1CC12CCNCC2. The maximum Gasteiger partial charge on any atom is 0.227 e. The van der Waals surface area contributed by atoms with Crippen LogP contribution in [0.1, 0.15) is 30.4 Å². The lowest BCUT2D eigenvalue weighted by molar-refractivity contribution is -0.132. The maximum absolute atomic E-state index is 14.2. The van der Waals surface area contributed by atoms with Gasteiger partial charge in [-0.15, -0.1) is 12.4 Å². The monoisotopic (exact) mass is 428 g/mol. The average Bonchev–Trinajstić information content (AvgIpc) is 3.06. The van der Waals surface area contributed by atoms with E-state index in [-0.39, 0.29) is 36.2 Å². The van der Waals surface area contributed by atoms with Gasteiger partial charge in [0, 0.05) is 23.2 Å². The zero-order valence-electron chi connectivity index (χ0n) is 14.9. The number of nitrogens with zero attached hydrogens (tertiary/aromatic N) is 1. The normalized spacial score (nSPS) is 20.1. The number of hydrogen-bond donors (Lipinski definition) is 1. The molecule has 1 N–H and O–H groups in total. The summed E-state index contributed by atoms with van der Waals surface area (Å²) in [4.78, 5) is 15.1. The fraction of sp³-hybridized carbons (Fsp3) is 0.450. The lowest BCUT2D eigenvalue weighted by atomic mass is 9.93. The van der Waals surface area contributed by atoms with Gasteiger partial charge in [-0.25, -0.2) is 4.39 Å². The van der Waals surface area contributed by atoms with Crippen LogP contribution in [0.15, 0.2) is 35.0 Å². The predicted molar refractivity (Wildman–Crippen MR) is 110 cm³/mol. The number of piperidine rings is 1. The van der Waals surface area contributed by atoms with Gasteiger partial charge < -0.3 is 10.2 Å². The lowest BCUT2D eigenvalue weighted by Gasteiger charge is -2.30. The molecule has 146 valence electrons. The van der Waals surface area contributed by atoms with Crippen LogP contribution in [-0.2, 0) is 17.8 Å². The van der Waals surface area contributed by atoms with Crippen molar-refractivity contribution in [2.24, 2.45) is 5.41 Å². The number of halogens is 3. The first-order chi connectivity index (χ1) is 12.6. The molecule has 2 fully saturated rings. The van der Waals surface area contributed by atoms with Crippen molar-refractivity contribution in [3.63, 3.8) is 0 Å². The van der Waals surface area contributed by atoms with E-state index in [1.54, 1.807) is 23.5 Å². The van der Waals surface area contributed by atoms with Crippen LogP contribution in [0.5, 0.6) is 0 Å². The lowest BCUT2D eigenvalue weighted by Crippen LogP contribution is -2.39. The van der Waals surface area contributed by atoms with E-state index in [0.29, 0.717) is 17.1 Å². The van der Waals surface area contributed by atoms with Crippen molar-refractivity contribution < 1.29 is 9.18 Å². The zero-order chi connectivity index (χ0) is 18.1. The van der Waals surface area contributed by atoms with Crippen molar-refractivity contribution in [1.29, 1.82) is 0 Å². The molecule has 1 amide bonds. The van der Waals surface area contributed by atoms with Gasteiger partial charge in [-0.2, -0.15) is 11.3 Å². The van der Waals surface area contributed by atoms with Crippen LogP contribution < -0.4 is 5.32 Å². The van der Waals surface area contributed by atoms with E-state index >= 15 is 0 Å². The largest absolute Gasteiger partial charge is 0.334 e. The van der Waals surface area contributed by atoms with Crippen LogP contribution in [0.3, 0.4) is 0 Å². The van der Waals surface area contributed by atoms with Gasteiger partial charge in [0.05, 0.1) is 6.42 Å². The van der Waals surface area contributed by atoms with Crippen molar-refractivity contribution in [2.45, 2.75) is 38.3 Å². The van der Waals surface area contributed by atoms with Crippen LogP contribution in [0.4, 0.5) is 4.39 Å². The summed E-state index contributed by atoms with van der Waals surface area (Å²) in [7, 11) is 0. The molecule has 1 unspecified atom stereocenters. The Labute approximate surface area is 174 Å². The third-order valence-electron chi connectivity index (χ3n) is 5.77. The van der Waals surface area contributed by atoms with Crippen LogP contribution in [0, 0.1) is 11.2 Å². The minimum absolute atomic E-state index is 0. The summed E-state index contributed by atoms with van der Waals surface area (Å²) in [6.07, 6.45) is 3.27. The Morgan fingerprint density at radius 3 is 2.78 bits per heavy atom. The second-order valence-corrected chi connectivity index (χ2v) is 8.55. The minimum atomic E-state index is -0.409. The number of benzene rings is 1. The predicted octanol–water partition coefficient (Wildman–Crippen LogP) is 4.68. The number of carbonyl (C=O) groups is 1. The van der Waals surface area contributed by atoms with E-state index < -0.39 is 5.82 Å². The number of amides is 1. The molecule has 27 heavy (non-hydrogen) atoms. The van der Waals surface area contributed by atoms with Gasteiger partial charge in [0.1, 0.15) is 5.82 Å². The Bertz CT molecular complexity index is 773. The molecule has 3 nitrogen and oxygen atoms in total. The van der Waals surface area contributed by atoms with Gasteiger partial charge in [0.15, 0.2) is 0 Å². The van der Waals surface area contributed by atoms with E-state index in [1.165, 1.54) is 6.07 Å². The van der Waals surface area contributed by atoms with Crippen LogP contribution >= 0.6 is 35.3 Å². The van der Waals surface area contributed by atoms with Crippen molar-refractivity contribution in [3.05, 3.63) is 57.0 Å². The van der Waals surface area contributed by atoms with Gasteiger partial charge in [-0.3, -0.25) is 4.79 Å². The highest BCUT2D eigenvalue weighted by Crippen LogP contribution is 2.56. The summed E-state index contributed by atoms with van der Waals surface area (Å²) >= 11 is 7.77. The highest BCUT2D eigenvalue weighted by molar-refractivity contribution is 7.07. The first kappa shape index (κ1) is 20.6. The molecule has 1 aromatic carbocycles. The highest BCUT2D eigenvalue weighted by Gasteiger charge is 2.57. The van der Waals surface area contributed by atoms with E-state index in [0.717, 1.165) is 37.9 Å². The number of nitrogens with one attached hydrogen (secondary N) is 1. The summed E-state index contributed by atoms with van der Waals surface area (Å²) in [5.41, 5.74) is 1.68. The first-order valence-electron chi connectivity index (χ1n) is 9.03. The Morgan fingerprint density at radius 2 is 2.11 bits per heavy atom. The van der Waals surface area contributed by atoms with Crippen molar-refractivity contribution in [2.75, 3.05) is 13.1 Å². The minimum Gasteiger partial charge on any atom is -0.334 e. The topological polar surface area (TPSA) is 32.3 Å². The second kappa shape index (κ2) is 8.48. The van der Waals surface area contributed by atoms with E-state index in [2.05, 4.69) is 16.8 Å². The van der Waals surface area contributed by atoms with Crippen LogP contribution in [0.25, 0.3) is 0 Å². The molecule has 1 spiro atoms. The number of hydrogen-bond acceptors (Lipinski definition) is 3. The molecule has 2 aliphatic rings. The fourth-order valence-electron chi connectivity index (χ4n) is 4.13. The highest BCUT2D eigenvalue weighted by atomic mass is 35.5. The Kier molecular flexibility index (Phi) is 6.46. The fourth-order valence-corrected chi connectivity index (χ4v) is 5.02. The third-order valence-corrected chi connectivity index (χ3v) is 6.85. The Balaban J connectivity index is 0.00000210. The van der Waals surface area contributed by atoms with E-state index in [1.807, 2.05) is 10.3 Å². The van der Waals surface area contributed by atoms with Gasteiger partial charge in [0.25, 0.3) is 0 Å². The molecule has 1 saturated carbocycles. The molecule has 0 bridgehead atoms. The molecule has 0 radical (unpaired) electrons. The molecule has 4 rings (SSSR count). The number of carbonyl (C=O) groups excluding carboxylic acids is 1. The smallest absolute Gasteiger partial charge is 0.227 e. The van der Waals surface area contributed by atoms with Gasteiger partial charge in [-0.1, -0.05) is 17.7 Å². The molecule has 1 aliphatic heterocycles. The summed E-state index contributed by atoms with van der Waals surface area (Å²) in [5, 5.41) is 7.83. The summed E-state index contributed by atoms with van der Waals surface area (Å²) in [6.45, 7) is 2.61. The van der Waals surface area contributed by atoms with Gasteiger partial charge in [-0.05, 0) is 72.3 Å². The number of thiophene rings is 1. The van der Waals surface area contributed by atoms with Crippen LogP contribution in [-0.4, -0.2) is 29.9 Å². The van der Waals surface area contributed by atoms with E-state index in [4.69, 9.17) is 11.6 Å². The first-order valence-corrected chi connectivity index (χ1v) is 10.4. The molecule has 7 heteroatoms. The third kappa shape index (κ3) is 4.32. The maximum atomic E-state index is 14.2. The standard InChI is InChI=1S/C20H22ClFN2OS.ClH/c21-16-2-1-3-17(22)15(16)10-19(25)24(12-14-4-9-26-13-14)18-11-20(18)5-7-23-8-6-20;/h1-4,9,13,18,23H,5-8,10-12H2;1H. The van der Waals surface area contributed by atoms with Crippen molar-refractivity contribution in [3.8, 4) is 0 Å². The second-order valence-electron chi connectivity index (χ2n) is 7.36. The molecular weight excluding hydrogens is 406 g/mol. The molecular formula is C20H23Cl2FN2OS. The van der Waals surface area contributed by atoms with Crippen molar-refractivity contribution in [1.82, 2.24) is 10.2 Å². The molecule has 2 aromatic rings. The molecule has 1 aromatic heterocycles. The van der Waals surface area contributed by atoms with Crippen LogP contribution in [0.2, 0.25) is 5.02 Å². The van der Waals surface area contributed by atoms with Gasteiger partial charge in [0.2, 0.25) is 5.91 Å². The molecule has 1 saturated heterocycles. The summed E-state index contributed by atoms with van der Waals surface area (Å²) in [5.74, 6) is -0.447. The molecule has 1 atom stereocenters. The Hall–Kier alpha value is -1.14. The van der Waals surface area contributed by atoms with Gasteiger partial charge >= 0.3 is 0 Å². The van der Waals surface area contributed by atoms with Crippen molar-refractivity contribution >= 4 is 41.3 Å². The number of rotatable bonds is 5. The summed E-state index contributed by atoms with van der Waals surface area (Å²) in [6, 6.07) is 6.88. The zero-order valence-corrected chi connectivity index (χ0v) is 17.3. The Morgan fingerprint density at radius 1 is 1.33 bits per heavy atom. The summed E-state index contributed by atoms with van der Waals surface area (Å²) < 4.78 is 14.2. The molecule has 2 heterocycles. The average molecular weight is 429 g/mol.